The summed E-state index contributed by atoms with van der Waals surface area (Å²) in [4.78, 5) is 0. The molecule has 14 heavy (non-hydrogen) atoms. The summed E-state index contributed by atoms with van der Waals surface area (Å²) in [5, 5.41) is 10.6. The predicted octanol–water partition coefficient (Wildman–Crippen LogP) is 2.05. The smallest absolute Gasteiger partial charge is 0.321 e. The van der Waals surface area contributed by atoms with Gasteiger partial charge in [-0.05, 0) is 18.2 Å². The summed E-state index contributed by atoms with van der Waals surface area (Å²) in [7, 11) is 0. The lowest BCUT2D eigenvalue weighted by Gasteiger charge is -1.99. The Morgan fingerprint density at radius 1 is 1.36 bits per heavy atom. The van der Waals surface area contributed by atoms with Gasteiger partial charge in [-0.2, -0.15) is 0 Å². The molecule has 0 aliphatic carbocycles. The van der Waals surface area contributed by atoms with E-state index in [2.05, 4.69) is 15.5 Å². The predicted molar refractivity (Wildman–Crippen MR) is 53.4 cm³/mol. The molecule has 0 unspecified atom stereocenters. The van der Waals surface area contributed by atoms with Gasteiger partial charge < -0.3 is 15.5 Å². The quantitative estimate of drug-likeness (QED) is 0.793. The van der Waals surface area contributed by atoms with Crippen LogP contribution in [0.25, 0.3) is 0 Å². The number of aromatic nitrogens is 2. The molecule has 0 fully saturated rings. The van der Waals surface area contributed by atoms with Gasteiger partial charge in [-0.3, -0.25) is 0 Å². The monoisotopic (exact) mass is 210 g/mol. The molecular formula is C8H7ClN4O. The van der Waals surface area contributed by atoms with E-state index in [1.165, 1.54) is 0 Å². The van der Waals surface area contributed by atoms with E-state index in [-0.39, 0.29) is 12.0 Å². The zero-order valence-corrected chi connectivity index (χ0v) is 7.82. The van der Waals surface area contributed by atoms with Crippen LogP contribution >= 0.6 is 11.6 Å². The highest BCUT2D eigenvalue weighted by atomic mass is 35.5. The Kier molecular flexibility index (Phi) is 2.24. The highest BCUT2D eigenvalue weighted by Gasteiger charge is 2.02. The Hall–Kier alpha value is -1.75. The minimum absolute atomic E-state index is 0.0227. The molecule has 0 atom stereocenters. The van der Waals surface area contributed by atoms with Gasteiger partial charge in [0.05, 0.1) is 0 Å². The van der Waals surface area contributed by atoms with E-state index in [1.54, 1.807) is 12.1 Å². The number of nitrogen functional groups attached to an aromatic ring is 1. The molecule has 5 nitrogen and oxygen atoms in total. The van der Waals surface area contributed by atoms with E-state index in [1.807, 2.05) is 12.1 Å². The van der Waals surface area contributed by atoms with Crippen LogP contribution in [0.2, 0.25) is 5.02 Å². The number of anilines is 3. The van der Waals surface area contributed by atoms with E-state index in [9.17, 15) is 0 Å². The van der Waals surface area contributed by atoms with Crippen LogP contribution in [0.5, 0.6) is 0 Å². The first-order valence-corrected chi connectivity index (χ1v) is 4.23. The average molecular weight is 211 g/mol. The fraction of sp³-hybridized carbons (Fsp3) is 0. The van der Waals surface area contributed by atoms with Crippen molar-refractivity contribution in [2.45, 2.75) is 0 Å². The number of hydrogen-bond donors (Lipinski definition) is 2. The summed E-state index contributed by atoms with van der Waals surface area (Å²) in [6.45, 7) is 0. The van der Waals surface area contributed by atoms with Crippen LogP contribution in [0.15, 0.2) is 28.7 Å². The first kappa shape index (κ1) is 8.83. The number of nitrogens with zero attached hydrogens (tertiary/aromatic N) is 2. The van der Waals surface area contributed by atoms with Crippen molar-refractivity contribution in [1.29, 1.82) is 0 Å². The fourth-order valence-electron chi connectivity index (χ4n) is 0.975. The van der Waals surface area contributed by atoms with E-state index < -0.39 is 0 Å². The molecule has 1 aromatic carbocycles. The third-order valence-electron chi connectivity index (χ3n) is 1.52. The summed E-state index contributed by atoms with van der Waals surface area (Å²) in [6, 6.07) is 7.41. The van der Waals surface area contributed by atoms with Gasteiger partial charge in [-0.15, -0.1) is 0 Å². The van der Waals surface area contributed by atoms with E-state index in [4.69, 9.17) is 21.8 Å². The van der Waals surface area contributed by atoms with Crippen molar-refractivity contribution < 1.29 is 4.42 Å². The van der Waals surface area contributed by atoms with Crippen molar-refractivity contribution in [1.82, 2.24) is 10.2 Å². The maximum Gasteiger partial charge on any atom is 0.321 e. The number of hydrogen-bond acceptors (Lipinski definition) is 5. The first-order valence-electron chi connectivity index (χ1n) is 3.85. The van der Waals surface area contributed by atoms with Crippen LogP contribution in [0, 0.1) is 0 Å². The van der Waals surface area contributed by atoms with Crippen molar-refractivity contribution >= 4 is 29.3 Å². The number of nitrogens with two attached hydrogens (primary N) is 1. The molecule has 1 heterocycles. The molecule has 0 saturated heterocycles. The first-order chi connectivity index (χ1) is 6.74. The normalized spacial score (nSPS) is 10.1. The Morgan fingerprint density at radius 3 is 2.86 bits per heavy atom. The highest BCUT2D eigenvalue weighted by molar-refractivity contribution is 6.30. The summed E-state index contributed by atoms with van der Waals surface area (Å²) >= 11 is 5.78. The van der Waals surface area contributed by atoms with Crippen LogP contribution in [0.3, 0.4) is 0 Å². The van der Waals surface area contributed by atoms with Crippen LogP contribution in [-0.2, 0) is 0 Å². The minimum Gasteiger partial charge on any atom is -0.389 e. The van der Waals surface area contributed by atoms with Crippen molar-refractivity contribution in [3.63, 3.8) is 0 Å². The van der Waals surface area contributed by atoms with Gasteiger partial charge >= 0.3 is 12.0 Å². The summed E-state index contributed by atoms with van der Waals surface area (Å²) in [5.41, 5.74) is 6.02. The zero-order valence-electron chi connectivity index (χ0n) is 7.07. The molecule has 0 aliphatic rings. The molecule has 0 saturated carbocycles. The van der Waals surface area contributed by atoms with Crippen molar-refractivity contribution in [2.75, 3.05) is 11.1 Å². The minimum atomic E-state index is 0.0227. The molecule has 3 N–H and O–H groups in total. The number of halogens is 1. The van der Waals surface area contributed by atoms with Gasteiger partial charge in [-0.25, -0.2) is 0 Å². The fourth-order valence-corrected chi connectivity index (χ4v) is 1.17. The van der Waals surface area contributed by atoms with Crippen LogP contribution in [0.4, 0.5) is 17.7 Å². The van der Waals surface area contributed by atoms with Gasteiger partial charge in [0.25, 0.3) is 0 Å². The molecule has 0 amide bonds. The largest absolute Gasteiger partial charge is 0.389 e. The second-order valence-electron chi connectivity index (χ2n) is 2.58. The van der Waals surface area contributed by atoms with Crippen molar-refractivity contribution in [2.24, 2.45) is 0 Å². The SMILES string of the molecule is Nc1nnc(Nc2cccc(Cl)c2)o1. The molecule has 2 aromatic rings. The van der Waals surface area contributed by atoms with Gasteiger partial charge in [-0.1, -0.05) is 27.9 Å². The molecule has 2 rings (SSSR count). The van der Waals surface area contributed by atoms with Gasteiger partial charge in [0.15, 0.2) is 0 Å². The number of nitrogens with one attached hydrogen (secondary N) is 1. The maximum absolute atomic E-state index is 5.78. The van der Waals surface area contributed by atoms with E-state index in [0.717, 1.165) is 5.69 Å². The number of benzene rings is 1. The van der Waals surface area contributed by atoms with Crippen LogP contribution in [0.1, 0.15) is 0 Å². The van der Waals surface area contributed by atoms with Crippen LogP contribution < -0.4 is 11.1 Å². The van der Waals surface area contributed by atoms with Crippen molar-refractivity contribution in [3.8, 4) is 0 Å². The second-order valence-corrected chi connectivity index (χ2v) is 3.02. The third kappa shape index (κ3) is 1.94. The lowest BCUT2D eigenvalue weighted by atomic mass is 10.3. The summed E-state index contributed by atoms with van der Waals surface area (Å²) in [6.07, 6.45) is 0. The number of rotatable bonds is 2. The molecule has 72 valence electrons. The molecule has 0 radical (unpaired) electrons. The molecule has 1 aromatic heterocycles. The second kappa shape index (κ2) is 3.55. The Balaban J connectivity index is 2.18. The lowest BCUT2D eigenvalue weighted by Crippen LogP contribution is -1.89. The summed E-state index contributed by atoms with van der Waals surface area (Å²) < 4.78 is 4.93. The lowest BCUT2D eigenvalue weighted by molar-refractivity contribution is 0.593. The average Bonchev–Trinajstić information content (AvgIpc) is 2.51. The summed E-state index contributed by atoms with van der Waals surface area (Å²) in [5.74, 6) is 0. The van der Waals surface area contributed by atoms with Crippen molar-refractivity contribution in [3.05, 3.63) is 29.3 Å². The van der Waals surface area contributed by atoms with E-state index in [0.29, 0.717) is 5.02 Å². The van der Waals surface area contributed by atoms with Gasteiger partial charge in [0, 0.05) is 10.7 Å². The Labute approximate surface area is 84.9 Å². The molecule has 6 heteroatoms. The molecular weight excluding hydrogens is 204 g/mol. The third-order valence-corrected chi connectivity index (χ3v) is 1.75. The molecule has 0 aliphatic heterocycles. The highest BCUT2D eigenvalue weighted by Crippen LogP contribution is 2.19. The Bertz CT molecular complexity index is 442. The van der Waals surface area contributed by atoms with Crippen LogP contribution in [-0.4, -0.2) is 10.2 Å². The van der Waals surface area contributed by atoms with E-state index >= 15 is 0 Å². The molecule has 0 spiro atoms. The van der Waals surface area contributed by atoms with Gasteiger partial charge in [0.1, 0.15) is 0 Å². The molecule has 0 bridgehead atoms. The standard InChI is InChI=1S/C8H7ClN4O/c9-5-2-1-3-6(4-5)11-8-13-12-7(10)14-8/h1-4H,(H2,10,12)(H,11,13). The zero-order chi connectivity index (χ0) is 9.97. The van der Waals surface area contributed by atoms with Gasteiger partial charge in [0.2, 0.25) is 0 Å². The topological polar surface area (TPSA) is 77.0 Å². The Morgan fingerprint density at radius 2 is 2.21 bits per heavy atom. The maximum atomic E-state index is 5.78.